The number of amides is 1. The summed E-state index contributed by atoms with van der Waals surface area (Å²) in [5.74, 6) is -6.79. The normalized spacial score (nSPS) is 12.7. The Morgan fingerprint density at radius 2 is 1.86 bits per heavy atom. The average Bonchev–Trinajstić information content (AvgIpc) is 2.47. The Kier molecular flexibility index (Phi) is 6.95. The van der Waals surface area contributed by atoms with E-state index in [4.69, 9.17) is 5.11 Å². The molecule has 0 bridgehead atoms. The molecule has 0 heterocycles. The number of hydrogen-bond acceptors (Lipinski definition) is 2. The molecule has 0 saturated carbocycles. The number of halogens is 2. The zero-order valence-corrected chi connectivity index (χ0v) is 12.5. The van der Waals surface area contributed by atoms with Crippen LogP contribution < -0.4 is 5.32 Å². The number of carbonyl (C=O) groups is 2. The Morgan fingerprint density at radius 3 is 2.41 bits per heavy atom. The van der Waals surface area contributed by atoms with Gasteiger partial charge in [0.05, 0.1) is 6.42 Å². The maximum atomic E-state index is 13.7. The van der Waals surface area contributed by atoms with Crippen LogP contribution in [0.25, 0.3) is 0 Å². The third-order valence-electron chi connectivity index (χ3n) is 3.36. The highest BCUT2D eigenvalue weighted by molar-refractivity contribution is 5.81. The van der Waals surface area contributed by atoms with Crippen molar-refractivity contribution in [2.24, 2.45) is 0 Å². The van der Waals surface area contributed by atoms with Gasteiger partial charge in [-0.1, -0.05) is 56.5 Å². The first kappa shape index (κ1) is 18.1. The Hall–Kier alpha value is -1.98. The van der Waals surface area contributed by atoms with Crippen molar-refractivity contribution in [1.82, 2.24) is 5.32 Å². The van der Waals surface area contributed by atoms with Gasteiger partial charge < -0.3 is 10.4 Å². The molecule has 1 atom stereocenters. The van der Waals surface area contributed by atoms with E-state index < -0.39 is 23.8 Å². The van der Waals surface area contributed by atoms with E-state index in [-0.39, 0.29) is 12.8 Å². The molecule has 0 saturated heterocycles. The zero-order chi connectivity index (χ0) is 16.6. The number of hydrogen-bond donors (Lipinski definition) is 2. The summed E-state index contributed by atoms with van der Waals surface area (Å²) in [7, 11) is 0. The van der Waals surface area contributed by atoms with Crippen molar-refractivity contribution >= 4 is 11.9 Å². The molecule has 0 aromatic heterocycles. The van der Waals surface area contributed by atoms with Crippen LogP contribution >= 0.6 is 0 Å². The fourth-order valence-corrected chi connectivity index (χ4v) is 2.12. The predicted molar refractivity (Wildman–Crippen MR) is 78.8 cm³/mol. The van der Waals surface area contributed by atoms with Gasteiger partial charge in [0.1, 0.15) is 6.04 Å². The van der Waals surface area contributed by atoms with Crippen molar-refractivity contribution < 1.29 is 23.5 Å². The Labute approximate surface area is 128 Å². The fourth-order valence-electron chi connectivity index (χ4n) is 2.12. The fraction of sp³-hybridized carbons (Fsp3) is 0.500. The minimum absolute atomic E-state index is 0.0547. The standard InChI is InChI=1S/C16H21F2NO3/c1-2-3-5-10-13(16(17,18)15(21)22)19-14(20)11-12-8-6-4-7-9-12/h4,6-9,13H,2-3,5,10-11H2,1H3,(H,19,20)(H,21,22). The molecule has 1 aromatic carbocycles. The molecule has 0 aliphatic heterocycles. The lowest BCUT2D eigenvalue weighted by atomic mass is 10.0. The Bertz CT molecular complexity index is 491. The van der Waals surface area contributed by atoms with Crippen LogP contribution in [0.15, 0.2) is 30.3 Å². The number of carboxylic acids is 1. The van der Waals surface area contributed by atoms with E-state index in [0.717, 1.165) is 6.42 Å². The smallest absolute Gasteiger partial charge is 0.376 e. The van der Waals surface area contributed by atoms with Crippen LogP contribution in [0.3, 0.4) is 0 Å². The second kappa shape index (κ2) is 8.46. The number of unbranched alkanes of at least 4 members (excludes halogenated alkanes) is 2. The van der Waals surface area contributed by atoms with Crippen molar-refractivity contribution in [3.8, 4) is 0 Å². The van der Waals surface area contributed by atoms with Crippen molar-refractivity contribution in [3.05, 3.63) is 35.9 Å². The molecule has 1 unspecified atom stereocenters. The number of nitrogens with one attached hydrogen (secondary N) is 1. The van der Waals surface area contributed by atoms with Gasteiger partial charge in [-0.3, -0.25) is 4.79 Å². The first-order chi connectivity index (χ1) is 10.4. The van der Waals surface area contributed by atoms with E-state index in [1.807, 2.05) is 6.92 Å². The molecule has 0 fully saturated rings. The molecule has 0 spiro atoms. The van der Waals surface area contributed by atoms with Gasteiger partial charge in [0.15, 0.2) is 0 Å². The summed E-state index contributed by atoms with van der Waals surface area (Å²) in [6, 6.07) is 7.00. The van der Waals surface area contributed by atoms with Crippen LogP contribution in [0.1, 0.15) is 38.2 Å². The molecule has 0 aliphatic carbocycles. The quantitative estimate of drug-likeness (QED) is 0.689. The molecule has 0 radical (unpaired) electrons. The molecule has 1 rings (SSSR count). The van der Waals surface area contributed by atoms with Gasteiger partial charge in [0.2, 0.25) is 5.91 Å². The van der Waals surface area contributed by atoms with Crippen molar-refractivity contribution in [1.29, 1.82) is 0 Å². The maximum absolute atomic E-state index is 13.7. The molecule has 122 valence electrons. The van der Waals surface area contributed by atoms with Gasteiger partial charge in [-0.2, -0.15) is 8.78 Å². The van der Waals surface area contributed by atoms with Crippen LogP contribution in [-0.2, 0) is 16.0 Å². The second-order valence-electron chi connectivity index (χ2n) is 5.21. The lowest BCUT2D eigenvalue weighted by molar-refractivity contribution is -0.170. The molecular formula is C16H21F2NO3. The number of rotatable bonds is 9. The average molecular weight is 313 g/mol. The van der Waals surface area contributed by atoms with Crippen molar-refractivity contribution in [3.63, 3.8) is 0 Å². The third kappa shape index (κ3) is 5.42. The zero-order valence-electron chi connectivity index (χ0n) is 12.5. The summed E-state index contributed by atoms with van der Waals surface area (Å²) < 4.78 is 27.4. The number of alkyl halides is 2. The number of benzene rings is 1. The van der Waals surface area contributed by atoms with Gasteiger partial charge in [-0.05, 0) is 12.0 Å². The molecular weight excluding hydrogens is 292 g/mol. The predicted octanol–water partition coefficient (Wildman–Crippen LogP) is 3.01. The van der Waals surface area contributed by atoms with Crippen LogP contribution in [0, 0.1) is 0 Å². The van der Waals surface area contributed by atoms with Gasteiger partial charge in [-0.25, -0.2) is 4.79 Å². The van der Waals surface area contributed by atoms with Gasteiger partial charge in [0.25, 0.3) is 0 Å². The Morgan fingerprint density at radius 1 is 1.23 bits per heavy atom. The number of carboxylic acid groups (broad SMARTS) is 1. The van der Waals surface area contributed by atoms with Crippen LogP contribution in [0.5, 0.6) is 0 Å². The summed E-state index contributed by atoms with van der Waals surface area (Å²) >= 11 is 0. The first-order valence-electron chi connectivity index (χ1n) is 7.32. The van der Waals surface area contributed by atoms with E-state index in [1.165, 1.54) is 0 Å². The monoisotopic (exact) mass is 313 g/mol. The maximum Gasteiger partial charge on any atom is 0.376 e. The minimum Gasteiger partial charge on any atom is -0.477 e. The van der Waals surface area contributed by atoms with E-state index in [0.29, 0.717) is 18.4 Å². The van der Waals surface area contributed by atoms with Crippen LogP contribution in [0.4, 0.5) is 8.78 Å². The molecule has 0 aliphatic rings. The molecule has 1 aromatic rings. The van der Waals surface area contributed by atoms with E-state index >= 15 is 0 Å². The highest BCUT2D eigenvalue weighted by atomic mass is 19.3. The first-order valence-corrected chi connectivity index (χ1v) is 7.32. The minimum atomic E-state index is -3.97. The van der Waals surface area contributed by atoms with Crippen molar-refractivity contribution in [2.75, 3.05) is 0 Å². The third-order valence-corrected chi connectivity index (χ3v) is 3.36. The SMILES string of the molecule is CCCCCC(NC(=O)Cc1ccccc1)C(F)(F)C(=O)O. The molecule has 2 N–H and O–H groups in total. The summed E-state index contributed by atoms with van der Waals surface area (Å²) in [5, 5.41) is 10.8. The number of aliphatic carboxylic acids is 1. The van der Waals surface area contributed by atoms with E-state index in [2.05, 4.69) is 5.32 Å². The summed E-state index contributed by atoms with van der Waals surface area (Å²) in [6.07, 6.45) is 1.86. The lowest BCUT2D eigenvalue weighted by Crippen LogP contribution is -2.52. The Balaban J connectivity index is 2.70. The second-order valence-corrected chi connectivity index (χ2v) is 5.21. The van der Waals surface area contributed by atoms with E-state index in [9.17, 15) is 18.4 Å². The van der Waals surface area contributed by atoms with Gasteiger partial charge in [0, 0.05) is 0 Å². The highest BCUT2D eigenvalue weighted by Gasteiger charge is 2.47. The summed E-state index contributed by atoms with van der Waals surface area (Å²) in [6.45, 7) is 1.92. The highest BCUT2D eigenvalue weighted by Crippen LogP contribution is 2.23. The van der Waals surface area contributed by atoms with Gasteiger partial charge >= 0.3 is 11.9 Å². The number of carbonyl (C=O) groups excluding carboxylic acids is 1. The summed E-state index contributed by atoms with van der Waals surface area (Å²) in [5.41, 5.74) is 0.686. The summed E-state index contributed by atoms with van der Waals surface area (Å²) in [4.78, 5) is 22.6. The van der Waals surface area contributed by atoms with Crippen molar-refractivity contribution in [2.45, 2.75) is 51.0 Å². The van der Waals surface area contributed by atoms with Crippen LogP contribution in [0.2, 0.25) is 0 Å². The lowest BCUT2D eigenvalue weighted by Gasteiger charge is -2.24. The molecule has 1 amide bonds. The van der Waals surface area contributed by atoms with Crippen LogP contribution in [-0.4, -0.2) is 28.9 Å². The van der Waals surface area contributed by atoms with E-state index in [1.54, 1.807) is 30.3 Å². The topological polar surface area (TPSA) is 66.4 Å². The van der Waals surface area contributed by atoms with Gasteiger partial charge in [-0.15, -0.1) is 0 Å². The molecule has 6 heteroatoms. The molecule has 22 heavy (non-hydrogen) atoms. The largest absolute Gasteiger partial charge is 0.477 e. The molecule has 4 nitrogen and oxygen atoms in total.